The number of aliphatic imine (C=N–C) groups is 1. The molecule has 1 saturated heterocycles. The number of hydrogen-bond acceptors (Lipinski definition) is 5. The van der Waals surface area contributed by atoms with Crippen LogP contribution in [-0.2, 0) is 30.2 Å². The Hall–Kier alpha value is -2.73. The third-order valence-corrected chi connectivity index (χ3v) is 7.20. The highest BCUT2D eigenvalue weighted by molar-refractivity contribution is 8.15. The second-order valence-corrected chi connectivity index (χ2v) is 9.80. The van der Waals surface area contributed by atoms with Crippen molar-refractivity contribution in [2.75, 3.05) is 33.2 Å². The number of benzene rings is 2. The van der Waals surface area contributed by atoms with E-state index in [1.165, 1.54) is 11.8 Å². The molecule has 36 heavy (non-hydrogen) atoms. The van der Waals surface area contributed by atoms with Crippen molar-refractivity contribution in [1.29, 1.82) is 0 Å². The monoisotopic (exact) mass is 531 g/mol. The molecule has 1 atom stereocenters. The summed E-state index contributed by atoms with van der Waals surface area (Å²) < 4.78 is 83.9. The minimum absolute atomic E-state index is 0.0938. The van der Waals surface area contributed by atoms with Gasteiger partial charge >= 0.3 is 12.4 Å². The first-order valence-electron chi connectivity index (χ1n) is 11.1. The standard InChI is InChI=1S/C24H23F6N3O2S/c1-32-8-10-33(11-9-32)22-31-21(34)20(36-22)12-15-2-6-18(7-3-15)35-14-16-4-5-17(23(25,26)27)13-19(16)24(28,29)30/h2-7,13,20H,8-12,14H2,1H3. The van der Waals surface area contributed by atoms with Crippen LogP contribution in [0.1, 0.15) is 22.3 Å². The fourth-order valence-electron chi connectivity index (χ4n) is 3.88. The van der Waals surface area contributed by atoms with Gasteiger partial charge in [-0.1, -0.05) is 30.0 Å². The number of halogens is 6. The summed E-state index contributed by atoms with van der Waals surface area (Å²) in [5.74, 6) is 0.0581. The number of likely N-dealkylation sites (N-methyl/N-ethyl adjacent to an activating group) is 1. The molecule has 1 unspecified atom stereocenters. The van der Waals surface area contributed by atoms with Crippen LogP contribution in [0, 0.1) is 0 Å². The maximum Gasteiger partial charge on any atom is 0.416 e. The molecular weight excluding hydrogens is 508 g/mol. The van der Waals surface area contributed by atoms with Crippen molar-refractivity contribution in [2.45, 2.75) is 30.6 Å². The van der Waals surface area contributed by atoms with Crippen molar-refractivity contribution in [3.05, 3.63) is 64.7 Å². The number of alkyl halides is 6. The third-order valence-electron chi connectivity index (χ3n) is 5.98. The predicted octanol–water partition coefficient (Wildman–Crippen LogP) is 5.09. The van der Waals surface area contributed by atoms with E-state index in [-0.39, 0.29) is 23.0 Å². The lowest BCUT2D eigenvalue weighted by atomic mass is 10.0. The lowest BCUT2D eigenvalue weighted by Gasteiger charge is -2.33. The van der Waals surface area contributed by atoms with Crippen molar-refractivity contribution in [1.82, 2.24) is 9.80 Å². The molecule has 194 valence electrons. The molecule has 0 radical (unpaired) electrons. The number of piperazine rings is 1. The van der Waals surface area contributed by atoms with Crippen LogP contribution >= 0.6 is 11.8 Å². The van der Waals surface area contributed by atoms with Crippen LogP contribution in [0.2, 0.25) is 0 Å². The summed E-state index contributed by atoms with van der Waals surface area (Å²) in [6.45, 7) is 2.87. The third kappa shape index (κ3) is 6.33. The largest absolute Gasteiger partial charge is 0.489 e. The van der Waals surface area contributed by atoms with Crippen molar-refractivity contribution < 1.29 is 35.9 Å². The zero-order valence-electron chi connectivity index (χ0n) is 19.2. The molecular formula is C24H23F6N3O2S. The Morgan fingerprint density at radius 2 is 1.64 bits per heavy atom. The second-order valence-electron chi connectivity index (χ2n) is 8.63. The first kappa shape index (κ1) is 26.3. The number of amidine groups is 1. The average molecular weight is 532 g/mol. The van der Waals surface area contributed by atoms with Gasteiger partial charge in [0.05, 0.1) is 16.4 Å². The Morgan fingerprint density at radius 3 is 2.25 bits per heavy atom. The summed E-state index contributed by atoms with van der Waals surface area (Å²) in [4.78, 5) is 20.9. The molecule has 5 nitrogen and oxygen atoms in total. The summed E-state index contributed by atoms with van der Waals surface area (Å²) >= 11 is 1.43. The average Bonchev–Trinajstić information content (AvgIpc) is 3.17. The van der Waals surface area contributed by atoms with E-state index in [0.29, 0.717) is 12.5 Å². The van der Waals surface area contributed by atoms with Gasteiger partial charge in [-0.05, 0) is 43.3 Å². The van der Waals surface area contributed by atoms with Crippen LogP contribution in [0.5, 0.6) is 5.75 Å². The normalized spacial score (nSPS) is 19.5. The van der Waals surface area contributed by atoms with Crippen molar-refractivity contribution >= 4 is 22.8 Å². The van der Waals surface area contributed by atoms with E-state index < -0.39 is 35.6 Å². The molecule has 0 aromatic heterocycles. The van der Waals surface area contributed by atoms with E-state index in [0.717, 1.165) is 43.0 Å². The fraction of sp³-hybridized carbons (Fsp3) is 0.417. The van der Waals surface area contributed by atoms with Crippen LogP contribution in [0.25, 0.3) is 0 Å². The smallest absolute Gasteiger partial charge is 0.416 e. The topological polar surface area (TPSA) is 45.1 Å². The summed E-state index contributed by atoms with van der Waals surface area (Å²) in [6, 6.07) is 7.99. The second kappa shape index (κ2) is 10.3. The first-order valence-corrected chi connectivity index (χ1v) is 12.0. The highest BCUT2D eigenvalue weighted by Gasteiger charge is 2.38. The Morgan fingerprint density at radius 1 is 0.972 bits per heavy atom. The molecule has 0 spiro atoms. The summed E-state index contributed by atoms with van der Waals surface area (Å²) in [6.07, 6.45) is -9.41. The Bertz CT molecular complexity index is 1130. The maximum absolute atomic E-state index is 13.3. The molecule has 1 fully saturated rings. The van der Waals surface area contributed by atoms with E-state index in [9.17, 15) is 31.1 Å². The van der Waals surface area contributed by atoms with Gasteiger partial charge in [-0.2, -0.15) is 31.3 Å². The van der Waals surface area contributed by atoms with Gasteiger partial charge in [-0.15, -0.1) is 0 Å². The molecule has 2 heterocycles. The van der Waals surface area contributed by atoms with Gasteiger partial charge < -0.3 is 14.5 Å². The molecule has 2 aromatic carbocycles. The zero-order valence-corrected chi connectivity index (χ0v) is 20.0. The van der Waals surface area contributed by atoms with Crippen molar-refractivity contribution in [3.63, 3.8) is 0 Å². The number of nitrogens with zero attached hydrogens (tertiary/aromatic N) is 3. The van der Waals surface area contributed by atoms with Crippen LogP contribution in [0.4, 0.5) is 26.3 Å². The number of amides is 1. The summed E-state index contributed by atoms with van der Waals surface area (Å²) in [7, 11) is 2.04. The lowest BCUT2D eigenvalue weighted by molar-refractivity contribution is -0.143. The molecule has 12 heteroatoms. The van der Waals surface area contributed by atoms with Gasteiger partial charge in [0, 0.05) is 31.7 Å². The molecule has 0 bridgehead atoms. The number of carbonyl (C=O) groups is 1. The lowest BCUT2D eigenvalue weighted by Crippen LogP contribution is -2.46. The van der Waals surface area contributed by atoms with Crippen LogP contribution < -0.4 is 4.74 Å². The highest BCUT2D eigenvalue weighted by Crippen LogP contribution is 2.37. The van der Waals surface area contributed by atoms with E-state index in [2.05, 4.69) is 14.8 Å². The van der Waals surface area contributed by atoms with E-state index in [1.807, 2.05) is 7.05 Å². The highest BCUT2D eigenvalue weighted by atomic mass is 32.2. The number of hydrogen-bond donors (Lipinski definition) is 0. The Labute approximate surface area is 208 Å². The molecule has 2 aliphatic rings. The number of thioether (sulfide) groups is 1. The van der Waals surface area contributed by atoms with Gasteiger partial charge in [0.15, 0.2) is 5.17 Å². The van der Waals surface area contributed by atoms with Crippen molar-refractivity contribution in [3.8, 4) is 5.75 Å². The fourth-order valence-corrected chi connectivity index (χ4v) is 5.04. The number of rotatable bonds is 5. The minimum Gasteiger partial charge on any atom is -0.489 e. The van der Waals surface area contributed by atoms with Crippen molar-refractivity contribution in [2.24, 2.45) is 4.99 Å². The minimum atomic E-state index is -4.96. The molecule has 1 amide bonds. The van der Waals surface area contributed by atoms with Gasteiger partial charge in [0.1, 0.15) is 12.4 Å². The van der Waals surface area contributed by atoms with Gasteiger partial charge in [0.2, 0.25) is 0 Å². The van der Waals surface area contributed by atoms with Gasteiger partial charge in [0.25, 0.3) is 5.91 Å². The Kier molecular flexibility index (Phi) is 7.56. The SMILES string of the molecule is CN1CCN(C2=NC(=O)C(Cc3ccc(OCc4ccc(C(F)(F)F)cc4C(F)(F)F)cc3)S2)CC1. The van der Waals surface area contributed by atoms with Crippen LogP contribution in [-0.4, -0.2) is 59.4 Å². The molecule has 2 aromatic rings. The van der Waals surface area contributed by atoms with E-state index in [4.69, 9.17) is 4.74 Å². The van der Waals surface area contributed by atoms with Crippen LogP contribution in [0.3, 0.4) is 0 Å². The number of ether oxygens (including phenoxy) is 1. The quantitative estimate of drug-likeness (QED) is 0.503. The molecule has 4 rings (SSSR count). The maximum atomic E-state index is 13.3. The predicted molar refractivity (Wildman–Crippen MR) is 124 cm³/mol. The first-order chi connectivity index (χ1) is 16.9. The van der Waals surface area contributed by atoms with Gasteiger partial charge in [-0.3, -0.25) is 4.79 Å². The molecule has 0 saturated carbocycles. The zero-order chi connectivity index (χ0) is 26.1. The molecule has 0 aliphatic carbocycles. The van der Waals surface area contributed by atoms with Gasteiger partial charge in [-0.25, -0.2) is 0 Å². The summed E-state index contributed by atoms with van der Waals surface area (Å²) in [5, 5.41) is 0.378. The van der Waals surface area contributed by atoms with Crippen LogP contribution in [0.15, 0.2) is 47.5 Å². The Balaban J connectivity index is 1.36. The number of carbonyl (C=O) groups excluding carboxylic acids is 1. The summed E-state index contributed by atoms with van der Waals surface area (Å²) in [5.41, 5.74) is -2.33. The van der Waals surface area contributed by atoms with E-state index >= 15 is 0 Å². The molecule has 2 aliphatic heterocycles. The van der Waals surface area contributed by atoms with E-state index in [1.54, 1.807) is 24.3 Å². The molecule has 0 N–H and O–H groups in total.